The number of nitrogens with zero attached hydrogens (tertiary/aromatic N) is 1. The Labute approximate surface area is 102 Å². The van der Waals surface area contributed by atoms with E-state index in [1.54, 1.807) is 11.3 Å². The van der Waals surface area contributed by atoms with Crippen LogP contribution < -0.4 is 0 Å². The maximum Gasteiger partial charge on any atom is 0.102 e. The number of rotatable bonds is 3. The Kier molecular flexibility index (Phi) is 3.06. The van der Waals surface area contributed by atoms with Crippen LogP contribution >= 0.6 is 11.3 Å². The van der Waals surface area contributed by atoms with Gasteiger partial charge in [-0.2, -0.15) is 11.3 Å². The lowest BCUT2D eigenvalue weighted by Crippen LogP contribution is -2.39. The zero-order valence-electron chi connectivity index (χ0n) is 10.3. The lowest BCUT2D eigenvalue weighted by Gasteiger charge is -2.32. The maximum absolute atomic E-state index is 8.30. The van der Waals surface area contributed by atoms with Gasteiger partial charge in [-0.15, -0.1) is 0 Å². The quantitative estimate of drug-likeness (QED) is 0.628. The van der Waals surface area contributed by atoms with Crippen LogP contribution in [0.4, 0.5) is 0 Å². The lowest BCUT2D eigenvalue weighted by atomic mass is 9.93. The number of amidine groups is 1. The molecule has 1 fully saturated rings. The summed E-state index contributed by atoms with van der Waals surface area (Å²) in [7, 11) is 0. The van der Waals surface area contributed by atoms with Gasteiger partial charge in [-0.25, -0.2) is 0 Å². The molecule has 0 spiro atoms. The summed E-state index contributed by atoms with van der Waals surface area (Å²) in [5.41, 5.74) is 1.30. The van der Waals surface area contributed by atoms with Gasteiger partial charge in [0.2, 0.25) is 0 Å². The van der Waals surface area contributed by atoms with Gasteiger partial charge in [-0.05, 0) is 35.2 Å². The van der Waals surface area contributed by atoms with Crippen molar-refractivity contribution in [1.82, 2.24) is 4.90 Å². The van der Waals surface area contributed by atoms with Crippen LogP contribution in [-0.4, -0.2) is 16.8 Å². The van der Waals surface area contributed by atoms with Crippen LogP contribution in [0.3, 0.4) is 0 Å². The fourth-order valence-electron chi connectivity index (χ4n) is 1.79. The highest BCUT2D eigenvalue weighted by molar-refractivity contribution is 7.07. The van der Waals surface area contributed by atoms with Crippen molar-refractivity contribution in [3.8, 4) is 0 Å². The number of hydrogen-bond donors (Lipinski definition) is 1. The molecule has 0 saturated heterocycles. The molecule has 1 aromatic rings. The third-order valence-corrected chi connectivity index (χ3v) is 3.65. The molecule has 3 heteroatoms. The van der Waals surface area contributed by atoms with Gasteiger partial charge < -0.3 is 4.90 Å². The van der Waals surface area contributed by atoms with Crippen molar-refractivity contribution < 1.29 is 0 Å². The van der Waals surface area contributed by atoms with Gasteiger partial charge in [0, 0.05) is 18.0 Å². The van der Waals surface area contributed by atoms with E-state index in [9.17, 15) is 0 Å². The average Bonchev–Trinajstić information content (AvgIpc) is 2.90. The highest BCUT2D eigenvalue weighted by Crippen LogP contribution is 2.32. The average molecular weight is 236 g/mol. The van der Waals surface area contributed by atoms with Gasteiger partial charge >= 0.3 is 0 Å². The van der Waals surface area contributed by atoms with Crippen LogP contribution in [0.5, 0.6) is 0 Å². The SMILES string of the molecule is CC(C)(C)C(=N)N(Cc1ccsc1)C1CC1. The first-order chi connectivity index (χ1) is 7.48. The molecule has 2 rings (SSSR count). The number of hydrogen-bond acceptors (Lipinski definition) is 2. The molecule has 1 aliphatic rings. The second-order valence-electron chi connectivity index (χ2n) is 5.59. The van der Waals surface area contributed by atoms with E-state index in [0.29, 0.717) is 6.04 Å². The molecule has 0 bridgehead atoms. The monoisotopic (exact) mass is 236 g/mol. The second-order valence-corrected chi connectivity index (χ2v) is 6.37. The third-order valence-electron chi connectivity index (χ3n) is 2.92. The van der Waals surface area contributed by atoms with Crippen molar-refractivity contribution >= 4 is 17.2 Å². The summed E-state index contributed by atoms with van der Waals surface area (Å²) in [6.45, 7) is 7.28. The highest BCUT2D eigenvalue weighted by atomic mass is 32.1. The summed E-state index contributed by atoms with van der Waals surface area (Å²) >= 11 is 1.74. The third kappa shape index (κ3) is 2.64. The summed E-state index contributed by atoms with van der Waals surface area (Å²) in [6, 6.07) is 2.78. The van der Waals surface area contributed by atoms with Crippen LogP contribution in [0.1, 0.15) is 39.2 Å². The summed E-state index contributed by atoms with van der Waals surface area (Å²) in [5, 5.41) is 12.6. The molecule has 0 unspecified atom stereocenters. The van der Waals surface area contributed by atoms with Crippen molar-refractivity contribution in [3.63, 3.8) is 0 Å². The molecule has 1 aromatic heterocycles. The van der Waals surface area contributed by atoms with E-state index in [2.05, 4.69) is 42.5 Å². The van der Waals surface area contributed by atoms with Gasteiger partial charge in [0.15, 0.2) is 0 Å². The minimum absolute atomic E-state index is 0.0430. The molecule has 1 heterocycles. The predicted molar refractivity (Wildman–Crippen MR) is 70.1 cm³/mol. The molecule has 0 aliphatic heterocycles. The molecular weight excluding hydrogens is 216 g/mol. The van der Waals surface area contributed by atoms with E-state index in [4.69, 9.17) is 5.41 Å². The number of thiophene rings is 1. The van der Waals surface area contributed by atoms with Gasteiger partial charge in [0.1, 0.15) is 5.84 Å². The van der Waals surface area contributed by atoms with Crippen molar-refractivity contribution in [1.29, 1.82) is 5.41 Å². The molecular formula is C13H20N2S. The molecule has 0 atom stereocenters. The van der Waals surface area contributed by atoms with Crippen LogP contribution in [0, 0.1) is 10.8 Å². The van der Waals surface area contributed by atoms with E-state index in [-0.39, 0.29) is 5.41 Å². The van der Waals surface area contributed by atoms with E-state index in [1.165, 1.54) is 18.4 Å². The first-order valence-corrected chi connectivity index (χ1v) is 6.79. The van der Waals surface area contributed by atoms with Gasteiger partial charge in [-0.3, -0.25) is 5.41 Å². The Bertz CT molecular complexity index is 358. The van der Waals surface area contributed by atoms with Crippen molar-refractivity contribution in [2.75, 3.05) is 0 Å². The summed E-state index contributed by atoms with van der Waals surface area (Å²) in [5.74, 6) is 0.779. The number of nitrogens with one attached hydrogen (secondary N) is 1. The topological polar surface area (TPSA) is 27.1 Å². The maximum atomic E-state index is 8.30. The zero-order valence-corrected chi connectivity index (χ0v) is 11.1. The molecule has 1 saturated carbocycles. The minimum atomic E-state index is -0.0430. The molecule has 2 nitrogen and oxygen atoms in total. The minimum Gasteiger partial charge on any atom is -0.353 e. The van der Waals surface area contributed by atoms with Crippen LogP contribution in [0.25, 0.3) is 0 Å². The molecule has 16 heavy (non-hydrogen) atoms. The lowest BCUT2D eigenvalue weighted by molar-refractivity contribution is 0.351. The fourth-order valence-corrected chi connectivity index (χ4v) is 2.45. The summed E-state index contributed by atoms with van der Waals surface area (Å²) in [6.07, 6.45) is 2.51. The van der Waals surface area contributed by atoms with E-state index in [0.717, 1.165) is 12.4 Å². The van der Waals surface area contributed by atoms with E-state index >= 15 is 0 Å². The standard InChI is InChI=1S/C13H20N2S/c1-13(2,3)12(14)15(11-4-5-11)8-10-6-7-16-9-10/h6-7,9,11,14H,4-5,8H2,1-3H3. The van der Waals surface area contributed by atoms with E-state index in [1.807, 2.05) is 0 Å². The predicted octanol–water partition coefficient (Wildman–Crippen LogP) is 3.74. The Morgan fingerprint density at radius 3 is 2.62 bits per heavy atom. The zero-order chi connectivity index (χ0) is 11.8. The first kappa shape index (κ1) is 11.6. The fraction of sp³-hybridized carbons (Fsp3) is 0.615. The molecule has 0 aromatic carbocycles. The van der Waals surface area contributed by atoms with Crippen LogP contribution in [0.15, 0.2) is 16.8 Å². The Hall–Kier alpha value is -0.830. The normalized spacial score (nSPS) is 16.2. The van der Waals surface area contributed by atoms with Crippen LogP contribution in [0.2, 0.25) is 0 Å². The van der Waals surface area contributed by atoms with Crippen LogP contribution in [-0.2, 0) is 6.54 Å². The second kappa shape index (κ2) is 4.21. The highest BCUT2D eigenvalue weighted by Gasteiger charge is 2.34. The molecule has 0 radical (unpaired) electrons. The van der Waals surface area contributed by atoms with E-state index < -0.39 is 0 Å². The first-order valence-electron chi connectivity index (χ1n) is 5.85. The molecule has 0 amide bonds. The smallest absolute Gasteiger partial charge is 0.102 e. The van der Waals surface area contributed by atoms with Gasteiger partial charge in [0.05, 0.1) is 0 Å². The van der Waals surface area contributed by atoms with Crippen molar-refractivity contribution in [2.24, 2.45) is 5.41 Å². The Morgan fingerprint density at radius 2 is 2.19 bits per heavy atom. The molecule has 88 valence electrons. The molecule has 1 N–H and O–H groups in total. The van der Waals surface area contributed by atoms with Gasteiger partial charge in [0.25, 0.3) is 0 Å². The van der Waals surface area contributed by atoms with Crippen molar-refractivity contribution in [2.45, 2.75) is 46.2 Å². The Morgan fingerprint density at radius 1 is 1.50 bits per heavy atom. The summed E-state index contributed by atoms with van der Waals surface area (Å²) < 4.78 is 0. The van der Waals surface area contributed by atoms with Gasteiger partial charge in [-0.1, -0.05) is 20.8 Å². The molecule has 1 aliphatic carbocycles. The summed E-state index contributed by atoms with van der Waals surface area (Å²) in [4.78, 5) is 2.28. The van der Waals surface area contributed by atoms with Crippen molar-refractivity contribution in [3.05, 3.63) is 22.4 Å². The largest absolute Gasteiger partial charge is 0.353 e. The Balaban J connectivity index is 2.09.